The molecule has 2 saturated carbocycles. The summed E-state index contributed by atoms with van der Waals surface area (Å²) in [6.07, 6.45) is 0.339. The van der Waals surface area contributed by atoms with E-state index in [0.29, 0.717) is 5.56 Å². The summed E-state index contributed by atoms with van der Waals surface area (Å²) in [7, 11) is 0. The molecule has 2 aliphatic carbocycles. The van der Waals surface area contributed by atoms with Crippen molar-refractivity contribution in [2.24, 2.45) is 11.3 Å². The van der Waals surface area contributed by atoms with Gasteiger partial charge in [-0.25, -0.2) is 0 Å². The van der Waals surface area contributed by atoms with Crippen molar-refractivity contribution in [3.8, 4) is 0 Å². The van der Waals surface area contributed by atoms with Gasteiger partial charge in [-0.1, -0.05) is 0 Å². The minimum absolute atomic E-state index is 0.107. The highest BCUT2D eigenvalue weighted by Gasteiger charge is 2.61. The molecule has 1 aromatic heterocycles. The fourth-order valence-corrected chi connectivity index (χ4v) is 3.17. The predicted octanol–water partition coefficient (Wildman–Crippen LogP) is 3.18. The Hall–Kier alpha value is -1.39. The molecular weight excluding hydrogens is 243 g/mol. The topological polar surface area (TPSA) is 30.0 Å². The third kappa shape index (κ3) is 1.72. The predicted molar refractivity (Wildman–Crippen MR) is 57.8 cm³/mol. The van der Waals surface area contributed by atoms with Crippen LogP contribution in [0.3, 0.4) is 0 Å². The average Bonchev–Trinajstić information content (AvgIpc) is 3.01. The van der Waals surface area contributed by atoms with Gasteiger partial charge in [-0.2, -0.15) is 13.2 Å². The molecule has 0 amide bonds. The zero-order valence-electron chi connectivity index (χ0n) is 9.57. The number of hydrogen-bond acceptors (Lipinski definition) is 2. The number of aldehydes is 1. The Balaban J connectivity index is 1.78. The van der Waals surface area contributed by atoms with Crippen molar-refractivity contribution in [1.29, 1.82) is 0 Å². The summed E-state index contributed by atoms with van der Waals surface area (Å²) in [5.74, 6) is 0.289. The Morgan fingerprint density at radius 3 is 2.67 bits per heavy atom. The minimum atomic E-state index is -4.39. The standard InChI is InChI=1S/C13H12F3NO/c14-13(15,16)11-3-9(1-2-17-11)10-6-12(10)4-8(5-12)7-18/h1-3,7-8,10H,4-6H2. The lowest BCUT2D eigenvalue weighted by Gasteiger charge is -2.33. The molecule has 18 heavy (non-hydrogen) atoms. The van der Waals surface area contributed by atoms with Crippen LogP contribution in [0.4, 0.5) is 13.2 Å². The first-order valence-electron chi connectivity index (χ1n) is 5.93. The van der Waals surface area contributed by atoms with E-state index in [1.165, 1.54) is 6.20 Å². The summed E-state index contributed by atoms with van der Waals surface area (Å²) >= 11 is 0. The van der Waals surface area contributed by atoms with Crippen molar-refractivity contribution < 1.29 is 18.0 Å². The Bertz CT molecular complexity index is 491. The summed E-state index contributed by atoms with van der Waals surface area (Å²) in [4.78, 5) is 13.9. The van der Waals surface area contributed by atoms with Crippen LogP contribution in [-0.4, -0.2) is 11.3 Å². The van der Waals surface area contributed by atoms with Crippen molar-refractivity contribution in [3.05, 3.63) is 29.6 Å². The summed E-state index contributed by atoms with van der Waals surface area (Å²) in [5, 5.41) is 0. The van der Waals surface area contributed by atoms with Crippen LogP contribution in [0.25, 0.3) is 0 Å². The number of carbonyl (C=O) groups is 1. The quantitative estimate of drug-likeness (QED) is 0.760. The third-order valence-corrected chi connectivity index (χ3v) is 4.20. The molecule has 1 atom stereocenters. The van der Waals surface area contributed by atoms with Gasteiger partial charge in [0.2, 0.25) is 0 Å². The second kappa shape index (κ2) is 3.56. The number of carbonyl (C=O) groups excluding carboxylic acids is 1. The monoisotopic (exact) mass is 255 g/mol. The molecule has 2 aliphatic rings. The van der Waals surface area contributed by atoms with E-state index < -0.39 is 11.9 Å². The lowest BCUT2D eigenvalue weighted by molar-refractivity contribution is -0.141. The fourth-order valence-electron chi connectivity index (χ4n) is 3.17. The van der Waals surface area contributed by atoms with Crippen LogP contribution in [0, 0.1) is 11.3 Å². The van der Waals surface area contributed by atoms with Crippen molar-refractivity contribution in [2.45, 2.75) is 31.4 Å². The van der Waals surface area contributed by atoms with Crippen LogP contribution >= 0.6 is 0 Å². The smallest absolute Gasteiger partial charge is 0.303 e. The molecular formula is C13H12F3NO. The first-order valence-corrected chi connectivity index (χ1v) is 5.93. The van der Waals surface area contributed by atoms with E-state index in [9.17, 15) is 18.0 Å². The van der Waals surface area contributed by atoms with E-state index >= 15 is 0 Å². The van der Waals surface area contributed by atoms with E-state index in [1.807, 2.05) is 0 Å². The molecule has 0 bridgehead atoms. The molecule has 96 valence electrons. The largest absolute Gasteiger partial charge is 0.433 e. The normalized spacial score (nSPS) is 34.2. The second-order valence-electron chi connectivity index (χ2n) is 5.40. The molecule has 0 aromatic carbocycles. The van der Waals surface area contributed by atoms with E-state index in [1.54, 1.807) is 6.07 Å². The molecule has 1 aromatic rings. The maximum Gasteiger partial charge on any atom is 0.433 e. The van der Waals surface area contributed by atoms with Crippen LogP contribution in [-0.2, 0) is 11.0 Å². The van der Waals surface area contributed by atoms with E-state index in [-0.39, 0.29) is 17.3 Å². The number of hydrogen-bond donors (Lipinski definition) is 0. The highest BCUT2D eigenvalue weighted by atomic mass is 19.4. The molecule has 2 fully saturated rings. The molecule has 5 heteroatoms. The number of aromatic nitrogens is 1. The third-order valence-electron chi connectivity index (χ3n) is 4.20. The van der Waals surface area contributed by atoms with Crippen molar-refractivity contribution in [2.75, 3.05) is 0 Å². The van der Waals surface area contributed by atoms with Gasteiger partial charge in [-0.3, -0.25) is 4.98 Å². The van der Waals surface area contributed by atoms with Gasteiger partial charge in [0.05, 0.1) is 0 Å². The molecule has 0 saturated heterocycles. The van der Waals surface area contributed by atoms with Crippen molar-refractivity contribution in [3.63, 3.8) is 0 Å². The minimum Gasteiger partial charge on any atom is -0.303 e. The molecule has 0 aliphatic heterocycles. The highest BCUT2D eigenvalue weighted by Crippen LogP contribution is 2.71. The van der Waals surface area contributed by atoms with Crippen LogP contribution in [0.5, 0.6) is 0 Å². The van der Waals surface area contributed by atoms with Crippen LogP contribution in [0.1, 0.15) is 36.4 Å². The maximum absolute atomic E-state index is 12.5. The van der Waals surface area contributed by atoms with Crippen LogP contribution in [0.2, 0.25) is 0 Å². The van der Waals surface area contributed by atoms with E-state index in [0.717, 1.165) is 31.6 Å². The summed E-state index contributed by atoms with van der Waals surface area (Å²) in [6.45, 7) is 0. The lowest BCUT2D eigenvalue weighted by Crippen LogP contribution is -2.27. The SMILES string of the molecule is O=CC1CC2(C1)CC2c1ccnc(C(F)(F)F)c1. The van der Waals surface area contributed by atoms with Gasteiger partial charge in [0, 0.05) is 12.1 Å². The summed E-state index contributed by atoms with van der Waals surface area (Å²) < 4.78 is 37.6. The van der Waals surface area contributed by atoms with E-state index in [4.69, 9.17) is 0 Å². The molecule has 0 N–H and O–H groups in total. The van der Waals surface area contributed by atoms with Gasteiger partial charge in [0.1, 0.15) is 12.0 Å². The number of nitrogens with zero attached hydrogens (tertiary/aromatic N) is 1. The number of halogens is 3. The lowest BCUT2D eigenvalue weighted by atomic mass is 9.70. The Morgan fingerprint density at radius 2 is 2.06 bits per heavy atom. The van der Waals surface area contributed by atoms with Crippen molar-refractivity contribution in [1.82, 2.24) is 4.98 Å². The van der Waals surface area contributed by atoms with Gasteiger partial charge in [-0.05, 0) is 48.3 Å². The van der Waals surface area contributed by atoms with Crippen LogP contribution < -0.4 is 0 Å². The van der Waals surface area contributed by atoms with Gasteiger partial charge in [0.25, 0.3) is 0 Å². The maximum atomic E-state index is 12.5. The average molecular weight is 255 g/mol. The first-order chi connectivity index (χ1) is 8.44. The Labute approximate surface area is 102 Å². The fraction of sp³-hybridized carbons (Fsp3) is 0.538. The van der Waals surface area contributed by atoms with E-state index in [2.05, 4.69) is 4.98 Å². The first kappa shape index (κ1) is 11.7. The Kier molecular flexibility index (Phi) is 2.31. The Morgan fingerprint density at radius 1 is 1.33 bits per heavy atom. The van der Waals surface area contributed by atoms with Gasteiger partial charge in [0.15, 0.2) is 0 Å². The summed E-state index contributed by atoms with van der Waals surface area (Å²) in [5.41, 5.74) is -0.00881. The molecule has 2 nitrogen and oxygen atoms in total. The van der Waals surface area contributed by atoms with Crippen LogP contribution in [0.15, 0.2) is 18.3 Å². The molecule has 1 spiro atoms. The number of pyridine rings is 1. The highest BCUT2D eigenvalue weighted by molar-refractivity contribution is 5.57. The zero-order chi connectivity index (χ0) is 13.0. The van der Waals surface area contributed by atoms with Gasteiger partial charge in [-0.15, -0.1) is 0 Å². The number of rotatable bonds is 2. The second-order valence-corrected chi connectivity index (χ2v) is 5.40. The van der Waals surface area contributed by atoms with Gasteiger partial charge < -0.3 is 4.79 Å². The molecule has 1 unspecified atom stereocenters. The summed E-state index contributed by atoms with van der Waals surface area (Å²) in [6, 6.07) is 2.80. The number of alkyl halides is 3. The molecule has 3 rings (SSSR count). The molecule has 1 heterocycles. The molecule has 0 radical (unpaired) electrons. The zero-order valence-corrected chi connectivity index (χ0v) is 9.57. The van der Waals surface area contributed by atoms with Gasteiger partial charge >= 0.3 is 6.18 Å². The van der Waals surface area contributed by atoms with Crippen molar-refractivity contribution >= 4 is 6.29 Å².